The van der Waals surface area contributed by atoms with Gasteiger partial charge in [0.1, 0.15) is 6.26 Å². The van der Waals surface area contributed by atoms with Crippen LogP contribution in [0.1, 0.15) is 45.4 Å². The molecule has 0 radical (unpaired) electrons. The van der Waals surface area contributed by atoms with Crippen LogP contribution in [0, 0.1) is 0 Å². The van der Waals surface area contributed by atoms with Gasteiger partial charge in [-0.1, -0.05) is 32.6 Å². The Labute approximate surface area is 87.3 Å². The highest BCUT2D eigenvalue weighted by atomic mass is 32.2. The van der Waals surface area contributed by atoms with Gasteiger partial charge in [-0.25, -0.2) is 0 Å². The van der Waals surface area contributed by atoms with Crippen LogP contribution >= 0.6 is 0 Å². The third-order valence-electron chi connectivity index (χ3n) is 1.80. The second-order valence-electron chi connectivity index (χ2n) is 3.38. The second kappa shape index (κ2) is 7.85. The van der Waals surface area contributed by atoms with Crippen LogP contribution < -0.4 is 0 Å². The smallest absolute Gasteiger partial charge is 0.305 e. The molecule has 84 valence electrons. The molecule has 0 saturated carbocycles. The van der Waals surface area contributed by atoms with Crippen molar-refractivity contribution in [3.05, 3.63) is 12.3 Å². The van der Waals surface area contributed by atoms with Crippen LogP contribution in [0.2, 0.25) is 0 Å². The van der Waals surface area contributed by atoms with Crippen molar-refractivity contribution in [3.8, 4) is 0 Å². The summed E-state index contributed by atoms with van der Waals surface area (Å²) in [6.07, 6.45) is 11.0. The Kier molecular flexibility index (Phi) is 7.57. The Morgan fingerprint density at radius 3 is 2.36 bits per heavy atom. The van der Waals surface area contributed by atoms with Gasteiger partial charge in [0.05, 0.1) is 6.26 Å². The lowest BCUT2D eigenvalue weighted by atomic mass is 10.1. The quantitative estimate of drug-likeness (QED) is 0.359. The average molecular weight is 220 g/mol. The summed E-state index contributed by atoms with van der Waals surface area (Å²) in [7, 11) is -3.31. The van der Waals surface area contributed by atoms with Gasteiger partial charge in [0.25, 0.3) is 0 Å². The van der Waals surface area contributed by atoms with Crippen LogP contribution in [0.15, 0.2) is 12.3 Å². The van der Waals surface area contributed by atoms with Crippen LogP contribution in [0.3, 0.4) is 0 Å². The molecule has 0 unspecified atom stereocenters. The number of rotatable bonds is 8. The van der Waals surface area contributed by atoms with Gasteiger partial charge >= 0.3 is 10.1 Å². The van der Waals surface area contributed by atoms with E-state index in [9.17, 15) is 8.42 Å². The molecular formula is C10H20O3S. The monoisotopic (exact) mass is 220 g/mol. The van der Waals surface area contributed by atoms with Crippen molar-refractivity contribution in [2.45, 2.75) is 45.4 Å². The zero-order valence-electron chi connectivity index (χ0n) is 9.03. The van der Waals surface area contributed by atoms with E-state index in [1.54, 1.807) is 6.08 Å². The first-order chi connectivity index (χ1) is 6.56. The summed E-state index contributed by atoms with van der Waals surface area (Å²) in [4.78, 5) is 0. The third-order valence-corrected chi connectivity index (χ3v) is 2.26. The van der Waals surface area contributed by atoms with E-state index >= 15 is 0 Å². The van der Waals surface area contributed by atoms with Crippen LogP contribution in [0.25, 0.3) is 0 Å². The largest absolute Gasteiger partial charge is 0.391 e. The van der Waals surface area contributed by atoms with E-state index in [0.717, 1.165) is 19.1 Å². The van der Waals surface area contributed by atoms with Crippen LogP contribution in [0.4, 0.5) is 0 Å². The second-order valence-corrected chi connectivity index (χ2v) is 4.98. The highest BCUT2D eigenvalue weighted by Gasteiger charge is 1.94. The number of allylic oxidation sites excluding steroid dienone is 1. The van der Waals surface area contributed by atoms with Gasteiger partial charge in [0.2, 0.25) is 0 Å². The molecule has 0 amide bonds. The van der Waals surface area contributed by atoms with Crippen molar-refractivity contribution in [2.24, 2.45) is 0 Å². The Morgan fingerprint density at radius 1 is 1.14 bits per heavy atom. The Hall–Kier alpha value is -0.510. The summed E-state index contributed by atoms with van der Waals surface area (Å²) in [6.45, 7) is 2.18. The van der Waals surface area contributed by atoms with Gasteiger partial charge in [0.15, 0.2) is 0 Å². The molecule has 0 heterocycles. The lowest BCUT2D eigenvalue weighted by Gasteiger charge is -1.96. The summed E-state index contributed by atoms with van der Waals surface area (Å²) in [5.74, 6) is 0. The van der Waals surface area contributed by atoms with Gasteiger partial charge in [-0.3, -0.25) is 0 Å². The normalized spacial score (nSPS) is 12.1. The summed E-state index contributed by atoms with van der Waals surface area (Å²) in [6, 6.07) is 0. The first kappa shape index (κ1) is 13.5. The molecule has 0 atom stereocenters. The molecule has 0 fully saturated rings. The molecule has 0 saturated heterocycles. The third kappa shape index (κ3) is 11.5. The minimum Gasteiger partial charge on any atom is -0.391 e. The van der Waals surface area contributed by atoms with Crippen molar-refractivity contribution in [1.29, 1.82) is 0 Å². The fourth-order valence-corrected chi connectivity index (χ4v) is 1.35. The first-order valence-corrected chi connectivity index (χ1v) is 6.91. The van der Waals surface area contributed by atoms with Gasteiger partial charge < -0.3 is 4.18 Å². The Bertz CT molecular complexity index is 242. The van der Waals surface area contributed by atoms with Gasteiger partial charge in [-0.2, -0.15) is 8.42 Å². The molecule has 0 aliphatic rings. The van der Waals surface area contributed by atoms with Crippen molar-refractivity contribution < 1.29 is 12.6 Å². The molecule has 0 aromatic heterocycles. The van der Waals surface area contributed by atoms with Crippen molar-refractivity contribution in [1.82, 2.24) is 0 Å². The van der Waals surface area contributed by atoms with E-state index in [1.807, 2.05) is 0 Å². The maximum atomic E-state index is 10.5. The van der Waals surface area contributed by atoms with Gasteiger partial charge in [-0.05, 0) is 18.9 Å². The molecule has 0 aliphatic heterocycles. The van der Waals surface area contributed by atoms with Crippen LogP contribution in [-0.2, 0) is 14.3 Å². The number of hydrogen-bond donors (Lipinski definition) is 0. The highest BCUT2D eigenvalue weighted by molar-refractivity contribution is 7.86. The van der Waals surface area contributed by atoms with E-state index in [2.05, 4.69) is 11.1 Å². The average Bonchev–Trinajstić information content (AvgIpc) is 2.08. The molecule has 4 heteroatoms. The molecule has 0 rings (SSSR count). The zero-order chi connectivity index (χ0) is 10.9. The lowest BCUT2D eigenvalue weighted by Crippen LogP contribution is -1.95. The van der Waals surface area contributed by atoms with Gasteiger partial charge in [-0.15, -0.1) is 0 Å². The zero-order valence-corrected chi connectivity index (χ0v) is 9.85. The molecule has 3 nitrogen and oxygen atoms in total. The van der Waals surface area contributed by atoms with E-state index in [1.165, 1.54) is 31.9 Å². The molecule has 0 aliphatic carbocycles. The van der Waals surface area contributed by atoms with E-state index in [4.69, 9.17) is 0 Å². The Morgan fingerprint density at radius 2 is 1.79 bits per heavy atom. The van der Waals surface area contributed by atoms with E-state index < -0.39 is 10.1 Å². The number of unbranched alkanes of at least 4 members (excludes halogenated alkanes) is 5. The highest BCUT2D eigenvalue weighted by Crippen LogP contribution is 2.05. The molecular weight excluding hydrogens is 200 g/mol. The van der Waals surface area contributed by atoms with Crippen LogP contribution in [0.5, 0.6) is 0 Å². The molecule has 0 bridgehead atoms. The Balaban J connectivity index is 3.28. The van der Waals surface area contributed by atoms with Crippen molar-refractivity contribution in [3.63, 3.8) is 0 Å². The van der Waals surface area contributed by atoms with E-state index in [0.29, 0.717) is 0 Å². The standard InChI is InChI=1S/C10H20O3S/c1-3-4-5-6-7-8-9-10-13-14(2,11)12/h9-10H,3-8H2,1-2H3. The molecule has 0 aromatic carbocycles. The molecule has 0 N–H and O–H groups in total. The van der Waals surface area contributed by atoms with Crippen LogP contribution in [-0.4, -0.2) is 14.7 Å². The van der Waals surface area contributed by atoms with E-state index in [-0.39, 0.29) is 0 Å². The minimum atomic E-state index is -3.31. The molecule has 0 spiro atoms. The topological polar surface area (TPSA) is 43.4 Å². The predicted molar refractivity (Wildman–Crippen MR) is 58.4 cm³/mol. The minimum absolute atomic E-state index is 0.888. The lowest BCUT2D eigenvalue weighted by molar-refractivity contribution is 0.447. The first-order valence-electron chi connectivity index (χ1n) is 5.09. The van der Waals surface area contributed by atoms with Crippen molar-refractivity contribution >= 4 is 10.1 Å². The number of hydrogen-bond acceptors (Lipinski definition) is 3. The maximum absolute atomic E-state index is 10.5. The predicted octanol–water partition coefficient (Wildman–Crippen LogP) is 2.84. The molecule has 0 aromatic rings. The maximum Gasteiger partial charge on any atom is 0.305 e. The fraction of sp³-hybridized carbons (Fsp3) is 0.800. The SMILES string of the molecule is CCCCCCCC=COS(C)(=O)=O. The van der Waals surface area contributed by atoms with Crippen molar-refractivity contribution in [2.75, 3.05) is 6.26 Å². The summed E-state index contributed by atoms with van der Waals surface area (Å²) in [5.41, 5.74) is 0. The fourth-order valence-electron chi connectivity index (χ4n) is 1.07. The summed E-state index contributed by atoms with van der Waals surface area (Å²) < 4.78 is 25.5. The summed E-state index contributed by atoms with van der Waals surface area (Å²) >= 11 is 0. The molecule has 14 heavy (non-hydrogen) atoms. The van der Waals surface area contributed by atoms with Gasteiger partial charge in [0, 0.05) is 0 Å². The summed E-state index contributed by atoms with van der Waals surface area (Å²) in [5, 5.41) is 0.